The molecule has 2 fully saturated rings. The molecule has 6 rings (SSSR count). The number of aromatic nitrogens is 2. The maximum absolute atomic E-state index is 12.8. The van der Waals surface area contributed by atoms with E-state index in [1.165, 1.54) is 29.3 Å². The molecule has 240 valence electrons. The summed E-state index contributed by atoms with van der Waals surface area (Å²) >= 11 is 0. The molecule has 0 saturated carbocycles. The number of likely N-dealkylation sites (tertiary alicyclic amines) is 1. The zero-order chi connectivity index (χ0) is 32.0. The summed E-state index contributed by atoms with van der Waals surface area (Å²) in [6.07, 6.45) is 4.45. The first-order chi connectivity index (χ1) is 22.4. The second kappa shape index (κ2) is 14.4. The standard InChI is InChI=1S/C36H43N7O3/c1-26-8-6-17-40(2)29(22-26)25-46-36-38-32-24-41(33-12-5-10-27-9-3-4-11-30(27)33)18-15-31(32)35(39-36)42-19-20-43(28(23-42)14-16-37)34(45)13-7-21-44/h3-5,9-12,26,28-29,44H,6,8,14-15,17-25H2,1-2H3/t26?,28-,29-/m0/s1. The zero-order valence-corrected chi connectivity index (χ0v) is 26.9. The number of rotatable bonds is 6. The predicted octanol–water partition coefficient (Wildman–Crippen LogP) is 3.62. The van der Waals surface area contributed by atoms with E-state index in [2.05, 4.69) is 89.0 Å². The molecule has 3 aliphatic heterocycles. The van der Waals surface area contributed by atoms with Crippen molar-refractivity contribution in [1.29, 1.82) is 5.26 Å². The van der Waals surface area contributed by atoms with E-state index in [0.717, 1.165) is 43.0 Å². The number of fused-ring (bicyclic) bond motifs is 2. The molecule has 1 aromatic heterocycles. The van der Waals surface area contributed by atoms with Gasteiger partial charge in [0.2, 0.25) is 0 Å². The number of anilines is 2. The number of benzene rings is 2. The molecule has 2 aromatic carbocycles. The fourth-order valence-electron chi connectivity index (χ4n) is 7.19. The molecule has 3 aromatic rings. The van der Waals surface area contributed by atoms with Gasteiger partial charge in [-0.2, -0.15) is 15.2 Å². The molecule has 0 aliphatic carbocycles. The van der Waals surface area contributed by atoms with Gasteiger partial charge in [0, 0.05) is 48.9 Å². The normalized spacial score (nSPS) is 22.0. The van der Waals surface area contributed by atoms with Gasteiger partial charge < -0.3 is 29.4 Å². The lowest BCUT2D eigenvalue weighted by molar-refractivity contribution is -0.127. The van der Waals surface area contributed by atoms with Gasteiger partial charge in [-0.1, -0.05) is 49.2 Å². The third-order valence-corrected chi connectivity index (χ3v) is 9.68. The van der Waals surface area contributed by atoms with Gasteiger partial charge in [0.05, 0.1) is 30.8 Å². The lowest BCUT2D eigenvalue weighted by Crippen LogP contribution is -2.55. The number of ether oxygens (including phenoxy) is 1. The molecule has 0 bridgehead atoms. The number of carbonyl (C=O) groups excluding carboxylic acids is 1. The average Bonchev–Trinajstić information content (AvgIpc) is 3.24. The second-order valence-corrected chi connectivity index (χ2v) is 12.8. The Morgan fingerprint density at radius 3 is 2.76 bits per heavy atom. The van der Waals surface area contributed by atoms with Crippen molar-refractivity contribution < 1.29 is 14.6 Å². The Hall–Kier alpha value is -4.38. The largest absolute Gasteiger partial charge is 0.462 e. The number of aliphatic hydroxyl groups is 1. The van der Waals surface area contributed by atoms with Crippen molar-refractivity contribution in [1.82, 2.24) is 19.8 Å². The Balaban J connectivity index is 1.31. The quantitative estimate of drug-likeness (QED) is 0.413. The van der Waals surface area contributed by atoms with Crippen LogP contribution >= 0.6 is 0 Å². The second-order valence-electron chi connectivity index (χ2n) is 12.8. The number of piperazine rings is 1. The van der Waals surface area contributed by atoms with Crippen LogP contribution in [-0.2, 0) is 17.8 Å². The van der Waals surface area contributed by atoms with Gasteiger partial charge in [-0.05, 0) is 62.6 Å². The third-order valence-electron chi connectivity index (χ3n) is 9.68. The number of nitrogens with zero attached hydrogens (tertiary/aromatic N) is 7. The number of nitriles is 1. The molecule has 10 heteroatoms. The van der Waals surface area contributed by atoms with Crippen LogP contribution in [0.25, 0.3) is 10.8 Å². The third kappa shape index (κ3) is 6.89. The number of amides is 1. The van der Waals surface area contributed by atoms with Gasteiger partial charge in [0.15, 0.2) is 0 Å². The zero-order valence-electron chi connectivity index (χ0n) is 26.9. The molecule has 1 N–H and O–H groups in total. The van der Waals surface area contributed by atoms with Crippen molar-refractivity contribution in [2.45, 2.75) is 57.7 Å². The summed E-state index contributed by atoms with van der Waals surface area (Å²) in [5.41, 5.74) is 3.23. The van der Waals surface area contributed by atoms with Crippen LogP contribution < -0.4 is 14.5 Å². The number of hydrogen-bond donors (Lipinski definition) is 1. The van der Waals surface area contributed by atoms with E-state index in [-0.39, 0.29) is 25.0 Å². The Kier molecular flexibility index (Phi) is 9.87. The first-order valence-electron chi connectivity index (χ1n) is 16.4. The highest BCUT2D eigenvalue weighted by molar-refractivity contribution is 5.95. The fraction of sp³-hybridized carbons (Fsp3) is 0.500. The highest BCUT2D eigenvalue weighted by Gasteiger charge is 2.34. The van der Waals surface area contributed by atoms with Crippen LogP contribution in [0.2, 0.25) is 0 Å². The van der Waals surface area contributed by atoms with Crippen molar-refractivity contribution in [2.75, 3.05) is 62.8 Å². The summed E-state index contributed by atoms with van der Waals surface area (Å²) in [7, 11) is 2.17. The molecule has 46 heavy (non-hydrogen) atoms. The van der Waals surface area contributed by atoms with Crippen LogP contribution in [0.3, 0.4) is 0 Å². The van der Waals surface area contributed by atoms with Gasteiger partial charge in [-0.15, -0.1) is 0 Å². The van der Waals surface area contributed by atoms with E-state index in [4.69, 9.17) is 19.8 Å². The van der Waals surface area contributed by atoms with E-state index in [1.54, 1.807) is 4.90 Å². The number of aliphatic hydroxyl groups excluding tert-OH is 1. The maximum Gasteiger partial charge on any atom is 0.318 e. The van der Waals surface area contributed by atoms with E-state index in [0.29, 0.717) is 50.8 Å². The van der Waals surface area contributed by atoms with E-state index < -0.39 is 0 Å². The molecule has 0 spiro atoms. The predicted molar refractivity (Wildman–Crippen MR) is 178 cm³/mol. The minimum atomic E-state index is -0.379. The number of carbonyl (C=O) groups is 1. The Bertz CT molecular complexity index is 1660. The first-order valence-corrected chi connectivity index (χ1v) is 16.4. The van der Waals surface area contributed by atoms with Gasteiger partial charge in [0.25, 0.3) is 5.91 Å². The minimum Gasteiger partial charge on any atom is -0.462 e. The van der Waals surface area contributed by atoms with E-state index >= 15 is 0 Å². The summed E-state index contributed by atoms with van der Waals surface area (Å²) in [5.74, 6) is 6.06. The molecule has 1 unspecified atom stereocenters. The number of hydrogen-bond acceptors (Lipinski definition) is 9. The average molecular weight is 622 g/mol. The molecule has 4 heterocycles. The topological polar surface area (TPSA) is 109 Å². The van der Waals surface area contributed by atoms with Crippen molar-refractivity contribution >= 4 is 28.2 Å². The monoisotopic (exact) mass is 621 g/mol. The SMILES string of the molecule is CC1CCCN(C)[C@H](COc2nc3c(c(N4CCN(C(=O)C#CCO)[C@@H](CC#N)C4)n2)CCN(c2cccc4ccccc24)C3)C1. The van der Waals surface area contributed by atoms with Crippen molar-refractivity contribution in [3.63, 3.8) is 0 Å². The van der Waals surface area contributed by atoms with Crippen molar-refractivity contribution in [3.05, 3.63) is 53.7 Å². The molecule has 10 nitrogen and oxygen atoms in total. The van der Waals surface area contributed by atoms with E-state index in [9.17, 15) is 10.1 Å². The highest BCUT2D eigenvalue weighted by atomic mass is 16.5. The maximum atomic E-state index is 12.8. The molecule has 1 amide bonds. The van der Waals surface area contributed by atoms with Crippen molar-refractivity contribution in [2.24, 2.45) is 5.92 Å². The van der Waals surface area contributed by atoms with Gasteiger partial charge in [-0.3, -0.25) is 4.79 Å². The van der Waals surface area contributed by atoms with Crippen LogP contribution in [0.15, 0.2) is 42.5 Å². The lowest BCUT2D eigenvalue weighted by Gasteiger charge is -2.41. The van der Waals surface area contributed by atoms with Gasteiger partial charge in [0.1, 0.15) is 19.0 Å². The summed E-state index contributed by atoms with van der Waals surface area (Å²) in [6.45, 7) is 6.38. The molecule has 2 saturated heterocycles. The molecular formula is C36H43N7O3. The summed E-state index contributed by atoms with van der Waals surface area (Å²) in [6, 6.07) is 17.5. The Morgan fingerprint density at radius 1 is 1.07 bits per heavy atom. The first kappa shape index (κ1) is 31.6. The summed E-state index contributed by atoms with van der Waals surface area (Å²) < 4.78 is 6.44. The van der Waals surface area contributed by atoms with Crippen molar-refractivity contribution in [3.8, 4) is 23.9 Å². The smallest absolute Gasteiger partial charge is 0.318 e. The van der Waals surface area contributed by atoms with E-state index in [1.807, 2.05) is 0 Å². The minimum absolute atomic E-state index is 0.181. The van der Waals surface area contributed by atoms with Crippen LogP contribution in [-0.4, -0.2) is 95.9 Å². The Labute approximate surface area is 271 Å². The van der Waals surface area contributed by atoms with Crippen LogP contribution in [0.1, 0.15) is 43.9 Å². The fourth-order valence-corrected chi connectivity index (χ4v) is 7.19. The highest BCUT2D eigenvalue weighted by Crippen LogP contribution is 2.35. The summed E-state index contributed by atoms with van der Waals surface area (Å²) in [5, 5.41) is 21.1. The summed E-state index contributed by atoms with van der Waals surface area (Å²) in [4.78, 5) is 31.5. The van der Waals surface area contributed by atoms with Crippen LogP contribution in [0, 0.1) is 29.1 Å². The Morgan fingerprint density at radius 2 is 1.91 bits per heavy atom. The molecule has 3 aliphatic rings. The molecule has 0 radical (unpaired) electrons. The van der Waals surface area contributed by atoms with Gasteiger partial charge in [-0.25, -0.2) is 0 Å². The molecular weight excluding hydrogens is 578 g/mol. The van der Waals surface area contributed by atoms with Gasteiger partial charge >= 0.3 is 6.01 Å². The van der Waals surface area contributed by atoms with Crippen LogP contribution in [0.5, 0.6) is 6.01 Å². The molecule has 3 atom stereocenters. The lowest BCUT2D eigenvalue weighted by atomic mass is 9.99. The van der Waals surface area contributed by atoms with Crippen LogP contribution in [0.4, 0.5) is 11.5 Å². The number of likely N-dealkylation sites (N-methyl/N-ethyl adjacent to an activating group) is 1.